The summed E-state index contributed by atoms with van der Waals surface area (Å²) in [6, 6.07) is 25.1. The fourth-order valence-electron chi connectivity index (χ4n) is 3.30. The zero-order valence-electron chi connectivity index (χ0n) is 17.6. The Kier molecular flexibility index (Phi) is 6.10. The lowest BCUT2D eigenvalue weighted by molar-refractivity contribution is 0.415. The van der Waals surface area contributed by atoms with Crippen LogP contribution in [0.15, 0.2) is 88.4 Å². The van der Waals surface area contributed by atoms with E-state index in [4.69, 9.17) is 20.8 Å². The highest BCUT2D eigenvalue weighted by molar-refractivity contribution is 7.98. The number of para-hydroxylation sites is 1. The van der Waals surface area contributed by atoms with Gasteiger partial charge in [0.15, 0.2) is 11.0 Å². The van der Waals surface area contributed by atoms with Crippen LogP contribution in [0.2, 0.25) is 5.02 Å². The van der Waals surface area contributed by atoms with Crippen molar-refractivity contribution < 1.29 is 9.15 Å². The van der Waals surface area contributed by atoms with E-state index in [2.05, 4.69) is 20.4 Å². The summed E-state index contributed by atoms with van der Waals surface area (Å²) in [6.07, 6.45) is 0. The first-order valence-corrected chi connectivity index (χ1v) is 11.4. The highest BCUT2D eigenvalue weighted by atomic mass is 35.5. The van der Waals surface area contributed by atoms with Gasteiger partial charge in [0.1, 0.15) is 5.75 Å². The third kappa shape index (κ3) is 4.48. The van der Waals surface area contributed by atoms with Crippen molar-refractivity contribution in [1.82, 2.24) is 25.0 Å². The van der Waals surface area contributed by atoms with Crippen LogP contribution >= 0.6 is 23.4 Å². The smallest absolute Gasteiger partial charge is 0.249 e. The van der Waals surface area contributed by atoms with E-state index in [1.54, 1.807) is 13.2 Å². The van der Waals surface area contributed by atoms with Crippen LogP contribution in [-0.4, -0.2) is 32.1 Å². The molecule has 0 saturated carbocycles. The lowest BCUT2D eigenvalue weighted by Gasteiger charge is -2.10. The fourth-order valence-corrected chi connectivity index (χ4v) is 4.31. The number of thioether (sulfide) groups is 1. The van der Waals surface area contributed by atoms with E-state index in [1.165, 1.54) is 11.8 Å². The molecule has 7 nitrogen and oxygen atoms in total. The zero-order valence-corrected chi connectivity index (χ0v) is 19.1. The van der Waals surface area contributed by atoms with Crippen LogP contribution in [-0.2, 0) is 5.75 Å². The lowest BCUT2D eigenvalue weighted by atomic mass is 10.2. The topological polar surface area (TPSA) is 78.9 Å². The fraction of sp³-hybridized carbons (Fsp3) is 0.0833. The van der Waals surface area contributed by atoms with Crippen LogP contribution in [0.25, 0.3) is 28.5 Å². The van der Waals surface area contributed by atoms with E-state index in [9.17, 15) is 0 Å². The molecule has 5 aromatic rings. The van der Waals surface area contributed by atoms with E-state index in [1.807, 2.05) is 77.4 Å². The molecule has 0 aliphatic carbocycles. The molecule has 0 aliphatic rings. The highest BCUT2D eigenvalue weighted by Gasteiger charge is 2.18. The molecule has 2 heterocycles. The molecule has 9 heteroatoms. The lowest BCUT2D eigenvalue weighted by Crippen LogP contribution is -2.00. The Labute approximate surface area is 199 Å². The first-order valence-electron chi connectivity index (χ1n) is 10.1. The van der Waals surface area contributed by atoms with E-state index < -0.39 is 0 Å². The Morgan fingerprint density at radius 1 is 0.909 bits per heavy atom. The van der Waals surface area contributed by atoms with Gasteiger partial charge in [-0.25, -0.2) is 0 Å². The molecule has 0 amide bonds. The van der Waals surface area contributed by atoms with Gasteiger partial charge in [0.2, 0.25) is 11.8 Å². The summed E-state index contributed by atoms with van der Waals surface area (Å²) < 4.78 is 13.2. The molecule has 0 saturated heterocycles. The minimum atomic E-state index is 0.387. The maximum Gasteiger partial charge on any atom is 0.249 e. The highest BCUT2D eigenvalue weighted by Crippen LogP contribution is 2.32. The summed E-state index contributed by atoms with van der Waals surface area (Å²) in [5.74, 6) is 2.76. The third-order valence-electron chi connectivity index (χ3n) is 4.87. The van der Waals surface area contributed by atoms with Gasteiger partial charge in [-0.2, -0.15) is 0 Å². The van der Waals surface area contributed by atoms with E-state index >= 15 is 0 Å². The van der Waals surface area contributed by atoms with Crippen molar-refractivity contribution in [2.75, 3.05) is 7.11 Å². The van der Waals surface area contributed by atoms with Crippen molar-refractivity contribution in [1.29, 1.82) is 0 Å². The van der Waals surface area contributed by atoms with Gasteiger partial charge in [0, 0.05) is 11.3 Å². The number of hydrogen-bond acceptors (Lipinski definition) is 7. The molecule has 33 heavy (non-hydrogen) atoms. The molecule has 5 rings (SSSR count). The quantitative estimate of drug-likeness (QED) is 0.269. The minimum Gasteiger partial charge on any atom is -0.497 e. The van der Waals surface area contributed by atoms with Gasteiger partial charge < -0.3 is 9.15 Å². The maximum atomic E-state index is 6.25. The molecule has 0 unspecified atom stereocenters. The number of ether oxygens (including phenoxy) is 1. The second kappa shape index (κ2) is 9.48. The molecular weight excluding hydrogens is 458 g/mol. The van der Waals surface area contributed by atoms with Gasteiger partial charge in [-0.3, -0.25) is 4.57 Å². The van der Waals surface area contributed by atoms with Crippen molar-refractivity contribution in [3.8, 4) is 34.3 Å². The normalized spacial score (nSPS) is 11.0. The van der Waals surface area contributed by atoms with E-state index in [0.717, 1.165) is 17.0 Å². The number of nitrogens with zero attached hydrogens (tertiary/aromatic N) is 5. The van der Waals surface area contributed by atoms with Gasteiger partial charge in [0.05, 0.1) is 23.4 Å². The molecule has 0 aliphatic heterocycles. The zero-order chi connectivity index (χ0) is 22.6. The summed E-state index contributed by atoms with van der Waals surface area (Å²) in [7, 11) is 1.64. The Bertz CT molecular complexity index is 1390. The van der Waals surface area contributed by atoms with Crippen molar-refractivity contribution in [2.45, 2.75) is 10.9 Å². The van der Waals surface area contributed by atoms with Crippen LogP contribution in [0.3, 0.4) is 0 Å². The summed E-state index contributed by atoms with van der Waals surface area (Å²) in [5, 5.41) is 18.5. The Balaban J connectivity index is 1.45. The monoisotopic (exact) mass is 475 g/mol. The molecule has 164 valence electrons. The second-order valence-electron chi connectivity index (χ2n) is 6.98. The second-order valence-corrected chi connectivity index (χ2v) is 8.33. The number of methoxy groups -OCH3 is 1. The molecule has 0 spiro atoms. The molecule has 0 atom stereocenters. The predicted molar refractivity (Wildman–Crippen MR) is 128 cm³/mol. The van der Waals surface area contributed by atoms with Gasteiger partial charge in [-0.1, -0.05) is 65.8 Å². The summed E-state index contributed by atoms with van der Waals surface area (Å²) in [6.45, 7) is 0. The van der Waals surface area contributed by atoms with Gasteiger partial charge >= 0.3 is 0 Å². The van der Waals surface area contributed by atoms with Gasteiger partial charge in [-0.15, -0.1) is 20.4 Å². The van der Waals surface area contributed by atoms with Crippen LogP contribution in [0.5, 0.6) is 5.75 Å². The number of hydrogen-bond donors (Lipinski definition) is 0. The Hall–Kier alpha value is -3.62. The van der Waals surface area contributed by atoms with Crippen LogP contribution in [0.1, 0.15) is 5.89 Å². The van der Waals surface area contributed by atoms with Crippen LogP contribution in [0, 0.1) is 0 Å². The average Bonchev–Trinajstić information content (AvgIpc) is 3.51. The van der Waals surface area contributed by atoms with Crippen molar-refractivity contribution in [3.05, 3.63) is 89.8 Å². The summed E-state index contributed by atoms with van der Waals surface area (Å²) in [5.41, 5.74) is 2.55. The van der Waals surface area contributed by atoms with Crippen molar-refractivity contribution >= 4 is 23.4 Å². The number of benzene rings is 3. The molecule has 0 bridgehead atoms. The van der Waals surface area contributed by atoms with Crippen molar-refractivity contribution in [3.63, 3.8) is 0 Å². The molecule has 2 aromatic heterocycles. The summed E-state index contributed by atoms with van der Waals surface area (Å²) in [4.78, 5) is 0. The number of aromatic nitrogens is 5. The van der Waals surface area contributed by atoms with E-state index in [-0.39, 0.29) is 0 Å². The molecule has 0 fully saturated rings. The number of halogens is 1. The molecule has 3 aromatic carbocycles. The van der Waals surface area contributed by atoms with E-state index in [0.29, 0.717) is 39.1 Å². The molecular formula is C24H18ClN5O2S. The SMILES string of the molecule is COc1cccc(-c2nnc(SCc3nnc(-c4ccccc4Cl)o3)n2-c2ccccc2)c1. The standard InChI is InChI=1S/C24H18ClN5O2S/c1-31-18-11-7-8-16(14-18)22-27-29-24(30(22)17-9-3-2-4-10-17)33-15-21-26-28-23(32-21)19-12-5-6-13-20(19)25/h2-14H,15H2,1H3. The van der Waals surface area contributed by atoms with Crippen molar-refractivity contribution in [2.24, 2.45) is 0 Å². The average molecular weight is 476 g/mol. The largest absolute Gasteiger partial charge is 0.497 e. The maximum absolute atomic E-state index is 6.25. The first-order chi connectivity index (χ1) is 16.2. The third-order valence-corrected chi connectivity index (χ3v) is 6.11. The Morgan fingerprint density at radius 2 is 1.73 bits per heavy atom. The Morgan fingerprint density at radius 3 is 2.55 bits per heavy atom. The summed E-state index contributed by atoms with van der Waals surface area (Å²) >= 11 is 7.71. The minimum absolute atomic E-state index is 0.387. The van der Waals surface area contributed by atoms with Crippen LogP contribution < -0.4 is 4.74 Å². The van der Waals surface area contributed by atoms with Gasteiger partial charge in [0.25, 0.3) is 0 Å². The molecule has 0 N–H and O–H groups in total. The first kappa shape index (κ1) is 21.2. The number of rotatable bonds is 7. The van der Waals surface area contributed by atoms with Crippen LogP contribution in [0.4, 0.5) is 0 Å². The predicted octanol–water partition coefficient (Wildman–Crippen LogP) is 5.94. The van der Waals surface area contributed by atoms with Gasteiger partial charge in [-0.05, 0) is 36.4 Å². The molecule has 0 radical (unpaired) electrons.